The average molecular weight is 198 g/mol. The minimum Gasteiger partial charge on any atom is -0.0776 e. The molecule has 2 aliphatic rings. The van der Waals surface area contributed by atoms with Crippen molar-refractivity contribution in [1.29, 1.82) is 0 Å². The van der Waals surface area contributed by atoms with Gasteiger partial charge in [0.05, 0.1) is 0 Å². The molecule has 0 heterocycles. The Hall–Kier alpha value is 0. The van der Waals surface area contributed by atoms with Crippen LogP contribution in [0.3, 0.4) is 0 Å². The van der Waals surface area contributed by atoms with Crippen molar-refractivity contribution in [2.45, 2.75) is 73.1 Å². The van der Waals surface area contributed by atoms with Crippen molar-refractivity contribution in [2.24, 2.45) is 17.8 Å². The molecule has 0 radical (unpaired) electrons. The van der Waals surface area contributed by atoms with Gasteiger partial charge < -0.3 is 0 Å². The normalized spacial score (nSPS) is 35.8. The van der Waals surface area contributed by atoms with Gasteiger partial charge in [0, 0.05) is 0 Å². The molecule has 3 atom stereocenters. The van der Waals surface area contributed by atoms with Gasteiger partial charge in [-0.1, -0.05) is 60.3 Å². The third-order valence-corrected chi connectivity index (χ3v) is 3.80. The largest absolute Gasteiger partial charge is 0.0776 e. The van der Waals surface area contributed by atoms with Crippen LogP contribution >= 0.6 is 0 Å². The van der Waals surface area contributed by atoms with Crippen molar-refractivity contribution in [3.63, 3.8) is 0 Å². The minimum atomic E-state index is 0. The first-order valence-electron chi connectivity index (χ1n) is 6.36. The van der Waals surface area contributed by atoms with E-state index in [0.29, 0.717) is 0 Å². The molecule has 0 bridgehead atoms. The predicted molar refractivity (Wildman–Crippen MR) is 66.5 cm³/mol. The van der Waals surface area contributed by atoms with Gasteiger partial charge in [0.15, 0.2) is 0 Å². The Morgan fingerprint density at radius 3 is 2.00 bits per heavy atom. The summed E-state index contributed by atoms with van der Waals surface area (Å²) < 4.78 is 0. The molecule has 2 saturated carbocycles. The maximum Gasteiger partial charge on any atom is -0.0383 e. The van der Waals surface area contributed by atoms with Crippen LogP contribution in [0.2, 0.25) is 0 Å². The van der Waals surface area contributed by atoms with Gasteiger partial charge in [-0.05, 0) is 30.6 Å². The van der Waals surface area contributed by atoms with Crippen LogP contribution in [0.1, 0.15) is 73.1 Å². The Morgan fingerprint density at radius 2 is 1.36 bits per heavy atom. The third-order valence-electron chi connectivity index (χ3n) is 3.80. The van der Waals surface area contributed by atoms with E-state index in [0.717, 1.165) is 17.8 Å². The fourth-order valence-corrected chi connectivity index (χ4v) is 3.11. The molecular weight excluding hydrogens is 168 g/mol. The first-order chi connectivity index (χ1) is 6.36. The SMILES string of the molecule is C.CC.CC1CCC2CCCCC2C1. The summed E-state index contributed by atoms with van der Waals surface area (Å²) in [6, 6.07) is 0. The molecule has 3 unspecified atom stereocenters. The van der Waals surface area contributed by atoms with E-state index in [2.05, 4.69) is 6.92 Å². The average Bonchev–Trinajstić information content (AvgIpc) is 2.21. The van der Waals surface area contributed by atoms with Crippen LogP contribution in [0.25, 0.3) is 0 Å². The van der Waals surface area contributed by atoms with Crippen molar-refractivity contribution >= 4 is 0 Å². The van der Waals surface area contributed by atoms with Gasteiger partial charge in [0.25, 0.3) is 0 Å². The molecule has 0 aromatic heterocycles. The molecule has 0 aliphatic heterocycles. The van der Waals surface area contributed by atoms with Crippen LogP contribution in [0.15, 0.2) is 0 Å². The summed E-state index contributed by atoms with van der Waals surface area (Å²) in [5, 5.41) is 0. The maximum absolute atomic E-state index is 2.44. The molecule has 2 aliphatic carbocycles. The highest BCUT2D eigenvalue weighted by molar-refractivity contribution is 4.81. The molecule has 2 fully saturated rings. The van der Waals surface area contributed by atoms with Gasteiger partial charge in [-0.3, -0.25) is 0 Å². The second-order valence-electron chi connectivity index (χ2n) is 4.72. The van der Waals surface area contributed by atoms with Crippen molar-refractivity contribution < 1.29 is 0 Å². The Morgan fingerprint density at radius 1 is 0.786 bits per heavy atom. The second kappa shape index (κ2) is 7.31. The summed E-state index contributed by atoms with van der Waals surface area (Å²) in [6.07, 6.45) is 10.8. The summed E-state index contributed by atoms with van der Waals surface area (Å²) in [5.41, 5.74) is 0. The zero-order valence-corrected chi connectivity index (χ0v) is 9.68. The van der Waals surface area contributed by atoms with Crippen molar-refractivity contribution in [1.82, 2.24) is 0 Å². The van der Waals surface area contributed by atoms with E-state index in [4.69, 9.17) is 0 Å². The number of hydrogen-bond acceptors (Lipinski definition) is 0. The monoisotopic (exact) mass is 198 g/mol. The molecule has 0 N–H and O–H groups in total. The summed E-state index contributed by atoms with van der Waals surface area (Å²) in [5.74, 6) is 3.31. The Bertz CT molecular complexity index is 128. The molecule has 0 heteroatoms. The lowest BCUT2D eigenvalue weighted by atomic mass is 9.68. The van der Waals surface area contributed by atoms with E-state index in [9.17, 15) is 0 Å². The maximum atomic E-state index is 2.44. The van der Waals surface area contributed by atoms with E-state index in [1.54, 1.807) is 25.7 Å². The Kier molecular flexibility index (Phi) is 7.31. The molecule has 0 saturated heterocycles. The van der Waals surface area contributed by atoms with Crippen molar-refractivity contribution in [2.75, 3.05) is 0 Å². The van der Waals surface area contributed by atoms with E-state index >= 15 is 0 Å². The van der Waals surface area contributed by atoms with Crippen LogP contribution in [0.5, 0.6) is 0 Å². The molecule has 2 rings (SSSR count). The lowest BCUT2D eigenvalue weighted by Gasteiger charge is -2.38. The molecule has 0 spiro atoms. The van der Waals surface area contributed by atoms with Crippen molar-refractivity contribution in [3.05, 3.63) is 0 Å². The van der Waals surface area contributed by atoms with Crippen molar-refractivity contribution in [3.8, 4) is 0 Å². The first kappa shape index (κ1) is 14.0. The van der Waals surface area contributed by atoms with E-state index in [1.807, 2.05) is 13.8 Å². The molecule has 0 nitrogen and oxygen atoms in total. The number of hydrogen-bond donors (Lipinski definition) is 0. The summed E-state index contributed by atoms with van der Waals surface area (Å²) in [4.78, 5) is 0. The topological polar surface area (TPSA) is 0 Å². The van der Waals surface area contributed by atoms with Gasteiger partial charge in [-0.2, -0.15) is 0 Å². The molecule has 86 valence electrons. The van der Waals surface area contributed by atoms with E-state index in [1.165, 1.54) is 19.3 Å². The summed E-state index contributed by atoms with van der Waals surface area (Å²) in [7, 11) is 0. The first-order valence-corrected chi connectivity index (χ1v) is 6.36. The smallest absolute Gasteiger partial charge is 0.0383 e. The predicted octanol–water partition coefficient (Wildman–Crippen LogP) is 5.28. The minimum absolute atomic E-state index is 0. The van der Waals surface area contributed by atoms with E-state index < -0.39 is 0 Å². The van der Waals surface area contributed by atoms with Gasteiger partial charge in [-0.15, -0.1) is 0 Å². The summed E-state index contributed by atoms with van der Waals surface area (Å²) >= 11 is 0. The van der Waals surface area contributed by atoms with Gasteiger partial charge in [0.2, 0.25) is 0 Å². The number of fused-ring (bicyclic) bond motifs is 1. The fourth-order valence-electron chi connectivity index (χ4n) is 3.11. The Labute approximate surface area is 91.5 Å². The van der Waals surface area contributed by atoms with Crippen LogP contribution in [0.4, 0.5) is 0 Å². The number of rotatable bonds is 0. The highest BCUT2D eigenvalue weighted by Crippen LogP contribution is 2.42. The van der Waals surface area contributed by atoms with Crippen LogP contribution in [0, 0.1) is 17.8 Å². The molecule has 14 heavy (non-hydrogen) atoms. The Balaban J connectivity index is 0.000000531. The van der Waals surface area contributed by atoms with Crippen LogP contribution in [-0.4, -0.2) is 0 Å². The molecule has 0 aromatic carbocycles. The van der Waals surface area contributed by atoms with Gasteiger partial charge >= 0.3 is 0 Å². The molecular formula is C14H30. The highest BCUT2D eigenvalue weighted by Gasteiger charge is 2.29. The standard InChI is InChI=1S/C11H20.C2H6.CH4/c1-9-6-7-10-4-2-3-5-11(10)8-9;1-2;/h9-11H,2-8H2,1H3;1-2H3;1H4. The lowest BCUT2D eigenvalue weighted by Crippen LogP contribution is -2.26. The van der Waals surface area contributed by atoms with Gasteiger partial charge in [0.1, 0.15) is 0 Å². The molecule has 0 aromatic rings. The van der Waals surface area contributed by atoms with Crippen LogP contribution in [-0.2, 0) is 0 Å². The van der Waals surface area contributed by atoms with Crippen LogP contribution < -0.4 is 0 Å². The lowest BCUT2D eigenvalue weighted by molar-refractivity contribution is 0.137. The highest BCUT2D eigenvalue weighted by atomic mass is 14.4. The van der Waals surface area contributed by atoms with Gasteiger partial charge in [-0.25, -0.2) is 0 Å². The molecule has 0 amide bonds. The zero-order chi connectivity index (χ0) is 9.68. The quantitative estimate of drug-likeness (QED) is 0.497. The summed E-state index contributed by atoms with van der Waals surface area (Å²) in [6.45, 7) is 6.44. The fraction of sp³-hybridized carbons (Fsp3) is 1.00. The zero-order valence-electron chi connectivity index (χ0n) is 9.68. The van der Waals surface area contributed by atoms with E-state index in [-0.39, 0.29) is 7.43 Å². The second-order valence-corrected chi connectivity index (χ2v) is 4.72. The third kappa shape index (κ3) is 3.63.